The van der Waals surface area contributed by atoms with Crippen LogP contribution in [0.4, 0.5) is 0 Å². The molecule has 1 aliphatic rings. The number of hydrogen-bond donors (Lipinski definition) is 0. The molecule has 1 saturated heterocycles. The molecule has 1 amide bonds. The number of benzene rings is 5. The molecule has 5 aromatic carbocycles. The summed E-state index contributed by atoms with van der Waals surface area (Å²) in [6.45, 7) is 6.20. The molecule has 0 saturated carbocycles. The van der Waals surface area contributed by atoms with Crippen LogP contribution in [-0.4, -0.2) is 58.3 Å². The molecule has 10 heteroatoms. The van der Waals surface area contributed by atoms with Crippen molar-refractivity contribution >= 4 is 5.91 Å². The molecule has 1 fully saturated rings. The molecule has 54 heavy (non-hydrogen) atoms. The average molecular weight is 724 g/mol. The Bertz CT molecular complexity index is 2160. The third kappa shape index (κ3) is 8.07. The maximum absolute atomic E-state index is 13.4. The number of likely N-dealkylation sites (tertiary alicyclic amines) is 1. The molecule has 0 aliphatic carbocycles. The summed E-state index contributed by atoms with van der Waals surface area (Å²) in [5.74, 6) is 3.55. The van der Waals surface area contributed by atoms with Gasteiger partial charge in [-0.05, 0) is 88.3 Å². The van der Waals surface area contributed by atoms with E-state index in [2.05, 4.69) is 47.6 Å². The van der Waals surface area contributed by atoms with Gasteiger partial charge in [0.05, 0.1) is 25.8 Å². The quantitative estimate of drug-likeness (QED) is 0.117. The molecule has 0 spiro atoms. The van der Waals surface area contributed by atoms with Crippen molar-refractivity contribution in [3.05, 3.63) is 138 Å². The van der Waals surface area contributed by atoms with Gasteiger partial charge in [0.1, 0.15) is 36.2 Å². The van der Waals surface area contributed by atoms with Crippen molar-refractivity contribution in [1.29, 1.82) is 0 Å². The fourth-order valence-electron chi connectivity index (χ4n) is 6.80. The average Bonchev–Trinajstić information content (AvgIpc) is 3.72. The summed E-state index contributed by atoms with van der Waals surface area (Å²) >= 11 is 0. The Morgan fingerprint density at radius 3 is 1.91 bits per heavy atom. The van der Waals surface area contributed by atoms with Crippen molar-refractivity contribution in [2.45, 2.75) is 51.9 Å². The van der Waals surface area contributed by atoms with Gasteiger partial charge in [-0.15, -0.1) is 5.10 Å². The van der Waals surface area contributed by atoms with Gasteiger partial charge in [0.25, 0.3) is 5.91 Å². The van der Waals surface area contributed by atoms with Gasteiger partial charge in [0.2, 0.25) is 0 Å². The smallest absolute Gasteiger partial charge is 0.253 e. The molecule has 6 aromatic rings. The van der Waals surface area contributed by atoms with Gasteiger partial charge in [-0.1, -0.05) is 80.6 Å². The van der Waals surface area contributed by atoms with Crippen LogP contribution in [-0.2, 0) is 13.2 Å². The Balaban J connectivity index is 1.27. The van der Waals surface area contributed by atoms with Crippen molar-refractivity contribution in [3.8, 4) is 45.5 Å². The highest BCUT2D eigenvalue weighted by molar-refractivity contribution is 5.94. The molecular formula is C44H45N5O5. The molecule has 10 nitrogen and oxygen atoms in total. The number of rotatable bonds is 13. The van der Waals surface area contributed by atoms with Crippen LogP contribution in [0.1, 0.15) is 65.7 Å². The van der Waals surface area contributed by atoms with Crippen LogP contribution >= 0.6 is 0 Å². The molecular weight excluding hydrogens is 679 g/mol. The molecule has 0 unspecified atom stereocenters. The highest BCUT2D eigenvalue weighted by atomic mass is 16.5. The summed E-state index contributed by atoms with van der Waals surface area (Å²) in [4.78, 5) is 15.3. The molecule has 7 rings (SSSR count). The van der Waals surface area contributed by atoms with Crippen LogP contribution < -0.4 is 18.9 Å². The number of ether oxygens (including phenoxy) is 4. The van der Waals surface area contributed by atoms with Crippen molar-refractivity contribution in [3.63, 3.8) is 0 Å². The van der Waals surface area contributed by atoms with Gasteiger partial charge < -0.3 is 23.8 Å². The molecule has 0 bridgehead atoms. The van der Waals surface area contributed by atoms with Crippen LogP contribution in [0, 0.1) is 0 Å². The molecule has 1 aromatic heterocycles. The summed E-state index contributed by atoms with van der Waals surface area (Å²) < 4.78 is 26.4. The Hall–Kier alpha value is -6.16. The fourth-order valence-corrected chi connectivity index (χ4v) is 6.80. The molecule has 0 N–H and O–H groups in total. The number of amides is 1. The standard InChI is InChI=1S/C44H45N5O5/c1-30(2)34-17-20-40(52-4)37(25-34)38-26-39(42(54-29-32-13-9-6-10-14-32)27-41(38)53-28-31-11-7-5-8-12-31)43-45-46-47-49(43)35-21-23-48(24-22-35)44(50)33-15-18-36(51-3)19-16-33/h5-20,25-27,30,35H,21-24,28-29H2,1-4H3. The topological polar surface area (TPSA) is 101 Å². The number of hydrogen-bond acceptors (Lipinski definition) is 8. The van der Waals surface area contributed by atoms with Crippen molar-refractivity contribution in [2.75, 3.05) is 27.3 Å². The van der Waals surface area contributed by atoms with E-state index in [9.17, 15) is 4.79 Å². The van der Waals surface area contributed by atoms with E-state index in [0.717, 1.165) is 33.6 Å². The Kier molecular flexibility index (Phi) is 11.2. The second-order valence-electron chi connectivity index (χ2n) is 13.7. The van der Waals surface area contributed by atoms with Gasteiger partial charge in [0.15, 0.2) is 5.82 Å². The molecule has 0 radical (unpaired) electrons. The predicted molar refractivity (Wildman–Crippen MR) is 208 cm³/mol. The lowest BCUT2D eigenvalue weighted by Crippen LogP contribution is -2.39. The van der Waals surface area contributed by atoms with Crippen LogP contribution in [0.2, 0.25) is 0 Å². The van der Waals surface area contributed by atoms with E-state index in [0.29, 0.717) is 73.7 Å². The van der Waals surface area contributed by atoms with Gasteiger partial charge in [-0.2, -0.15) is 0 Å². The lowest BCUT2D eigenvalue weighted by molar-refractivity contribution is 0.0690. The van der Waals surface area contributed by atoms with Gasteiger partial charge in [-0.3, -0.25) is 4.79 Å². The molecule has 0 atom stereocenters. The fraction of sp³-hybridized carbons (Fsp3) is 0.273. The molecule has 276 valence electrons. The van der Waals surface area contributed by atoms with E-state index in [1.165, 1.54) is 5.56 Å². The second-order valence-corrected chi connectivity index (χ2v) is 13.7. The van der Waals surface area contributed by atoms with E-state index in [1.807, 2.05) is 94.5 Å². The lowest BCUT2D eigenvalue weighted by Gasteiger charge is -2.32. The third-order valence-electron chi connectivity index (χ3n) is 9.90. The summed E-state index contributed by atoms with van der Waals surface area (Å²) in [6.07, 6.45) is 1.38. The minimum absolute atomic E-state index is 0.00190. The lowest BCUT2D eigenvalue weighted by atomic mass is 9.94. The number of carbonyl (C=O) groups excluding carboxylic acids is 1. The molecule has 1 aliphatic heterocycles. The summed E-state index contributed by atoms with van der Waals surface area (Å²) in [6, 6.07) is 37.6. The summed E-state index contributed by atoms with van der Waals surface area (Å²) in [5.41, 5.74) is 6.34. The summed E-state index contributed by atoms with van der Waals surface area (Å²) in [5, 5.41) is 13.3. The van der Waals surface area contributed by atoms with Crippen LogP contribution in [0.5, 0.6) is 23.0 Å². The van der Waals surface area contributed by atoms with E-state index in [4.69, 9.17) is 18.9 Å². The maximum Gasteiger partial charge on any atom is 0.253 e. The number of piperidine rings is 1. The number of aromatic nitrogens is 4. The highest BCUT2D eigenvalue weighted by Gasteiger charge is 2.29. The van der Waals surface area contributed by atoms with E-state index >= 15 is 0 Å². The van der Waals surface area contributed by atoms with Crippen molar-refractivity contribution in [2.24, 2.45) is 0 Å². The van der Waals surface area contributed by atoms with Crippen molar-refractivity contribution < 1.29 is 23.7 Å². The SMILES string of the molecule is COc1ccc(C(=O)N2CCC(n3nnnc3-c3cc(-c4cc(C(C)C)ccc4OC)c(OCc4ccccc4)cc3OCc3ccccc3)CC2)cc1. The van der Waals surface area contributed by atoms with Gasteiger partial charge in [-0.25, -0.2) is 4.68 Å². The zero-order valence-corrected chi connectivity index (χ0v) is 31.1. The number of methoxy groups -OCH3 is 2. The first-order valence-corrected chi connectivity index (χ1v) is 18.3. The summed E-state index contributed by atoms with van der Waals surface area (Å²) in [7, 11) is 3.30. The minimum atomic E-state index is -0.0341. The predicted octanol–water partition coefficient (Wildman–Crippen LogP) is 8.78. The van der Waals surface area contributed by atoms with Crippen LogP contribution in [0.15, 0.2) is 115 Å². The monoisotopic (exact) mass is 723 g/mol. The number of carbonyl (C=O) groups is 1. The van der Waals surface area contributed by atoms with Crippen LogP contribution in [0.3, 0.4) is 0 Å². The second kappa shape index (κ2) is 16.7. The van der Waals surface area contributed by atoms with Crippen molar-refractivity contribution in [1.82, 2.24) is 25.1 Å². The van der Waals surface area contributed by atoms with Crippen LogP contribution in [0.25, 0.3) is 22.5 Å². The Labute approximate surface area is 316 Å². The van der Waals surface area contributed by atoms with Gasteiger partial charge >= 0.3 is 0 Å². The zero-order chi connectivity index (χ0) is 37.4. The zero-order valence-electron chi connectivity index (χ0n) is 31.1. The third-order valence-corrected chi connectivity index (χ3v) is 9.90. The largest absolute Gasteiger partial charge is 0.497 e. The molecule has 2 heterocycles. The first-order valence-electron chi connectivity index (χ1n) is 18.3. The van der Waals surface area contributed by atoms with E-state index < -0.39 is 0 Å². The maximum atomic E-state index is 13.4. The first-order chi connectivity index (χ1) is 26.4. The first kappa shape index (κ1) is 36.2. The van der Waals surface area contributed by atoms with E-state index in [-0.39, 0.29) is 11.9 Å². The number of tetrazole rings is 1. The normalized spacial score (nSPS) is 13.2. The number of nitrogens with zero attached hydrogens (tertiary/aromatic N) is 5. The Morgan fingerprint density at radius 1 is 0.704 bits per heavy atom. The highest BCUT2D eigenvalue weighted by Crippen LogP contribution is 2.45. The van der Waals surface area contributed by atoms with Gasteiger partial charge in [0, 0.05) is 35.8 Å². The Morgan fingerprint density at radius 2 is 1.31 bits per heavy atom. The minimum Gasteiger partial charge on any atom is -0.497 e. The van der Waals surface area contributed by atoms with E-state index in [1.54, 1.807) is 26.4 Å².